The van der Waals surface area contributed by atoms with Gasteiger partial charge in [-0.2, -0.15) is 23.5 Å². The van der Waals surface area contributed by atoms with E-state index >= 15 is 0 Å². The highest BCUT2D eigenvalue weighted by molar-refractivity contribution is 8.06. The molecule has 9 heteroatoms. The maximum atomic E-state index is 11.6. The van der Waals surface area contributed by atoms with Gasteiger partial charge in [-0.3, -0.25) is 9.36 Å². The molecule has 0 aromatic carbocycles. The van der Waals surface area contributed by atoms with E-state index in [0.29, 0.717) is 17.0 Å². The van der Waals surface area contributed by atoms with E-state index in [1.54, 1.807) is 0 Å². The van der Waals surface area contributed by atoms with Crippen LogP contribution in [0.4, 0.5) is 0 Å². The Bertz CT molecular complexity index is 467. The van der Waals surface area contributed by atoms with Crippen molar-refractivity contribution in [2.75, 3.05) is 23.0 Å². The smallest absolute Gasteiger partial charge is 0.344 e. The second-order valence-corrected chi connectivity index (χ2v) is 7.17. The zero-order valence-electron chi connectivity index (χ0n) is 9.50. The van der Waals surface area contributed by atoms with Crippen LogP contribution in [0.1, 0.15) is 0 Å². The Balaban J connectivity index is 2.03. The first kappa shape index (κ1) is 13.9. The number of carboxylic acid groups (broad SMARTS) is 1. The molecule has 1 aliphatic rings. The fourth-order valence-corrected chi connectivity index (χ4v) is 4.88. The van der Waals surface area contributed by atoms with Crippen LogP contribution >= 0.6 is 35.3 Å². The molecule has 2 rings (SSSR count). The van der Waals surface area contributed by atoms with Crippen LogP contribution in [0.3, 0.4) is 0 Å². The van der Waals surface area contributed by atoms with Gasteiger partial charge in [0, 0.05) is 29.1 Å². The number of aliphatic carboxylic acids is 1. The highest BCUT2D eigenvalue weighted by Gasteiger charge is 2.19. The average Bonchev–Trinajstić information content (AvgIpc) is 2.70. The Morgan fingerprint density at radius 2 is 2.44 bits per heavy atom. The molecule has 1 unspecified atom stereocenters. The SMILES string of the molecule is O=C(O)CSc1n[nH]c(=O)n1CC1CSCCS1. The van der Waals surface area contributed by atoms with Crippen LogP contribution in [-0.2, 0) is 11.3 Å². The number of thioether (sulfide) groups is 3. The van der Waals surface area contributed by atoms with Crippen molar-refractivity contribution in [2.24, 2.45) is 0 Å². The fourth-order valence-electron chi connectivity index (χ4n) is 1.55. The van der Waals surface area contributed by atoms with Crippen LogP contribution in [0.15, 0.2) is 9.95 Å². The summed E-state index contributed by atoms with van der Waals surface area (Å²) in [5.74, 6) is 2.27. The van der Waals surface area contributed by atoms with E-state index in [0.717, 1.165) is 29.0 Å². The molecule has 2 N–H and O–H groups in total. The molecule has 2 heterocycles. The minimum absolute atomic E-state index is 0.0865. The molecule has 1 aromatic rings. The third-order valence-corrected chi connectivity index (χ3v) is 6.11. The van der Waals surface area contributed by atoms with Crippen molar-refractivity contribution in [3.05, 3.63) is 10.5 Å². The molecule has 1 atom stereocenters. The summed E-state index contributed by atoms with van der Waals surface area (Å²) in [5, 5.41) is 15.7. The van der Waals surface area contributed by atoms with Crippen molar-refractivity contribution in [3.63, 3.8) is 0 Å². The van der Waals surface area contributed by atoms with E-state index in [1.165, 1.54) is 4.57 Å². The van der Waals surface area contributed by atoms with Gasteiger partial charge in [-0.1, -0.05) is 11.8 Å². The summed E-state index contributed by atoms with van der Waals surface area (Å²) in [6.45, 7) is 0.592. The fraction of sp³-hybridized carbons (Fsp3) is 0.667. The predicted molar refractivity (Wildman–Crippen MR) is 74.8 cm³/mol. The van der Waals surface area contributed by atoms with E-state index in [1.807, 2.05) is 23.5 Å². The first-order chi connectivity index (χ1) is 8.66. The molecule has 0 aliphatic carbocycles. The largest absolute Gasteiger partial charge is 0.481 e. The van der Waals surface area contributed by atoms with Crippen LogP contribution in [-0.4, -0.2) is 54.1 Å². The number of nitrogens with zero attached hydrogens (tertiary/aromatic N) is 2. The summed E-state index contributed by atoms with van der Waals surface area (Å²) < 4.78 is 1.54. The number of rotatable bonds is 5. The van der Waals surface area contributed by atoms with Crippen molar-refractivity contribution in [1.82, 2.24) is 14.8 Å². The third-order valence-electron chi connectivity index (χ3n) is 2.32. The Morgan fingerprint density at radius 1 is 1.61 bits per heavy atom. The second kappa shape index (κ2) is 6.58. The van der Waals surface area contributed by atoms with Gasteiger partial charge in [0.25, 0.3) is 0 Å². The molecule has 0 amide bonds. The highest BCUT2D eigenvalue weighted by atomic mass is 32.2. The van der Waals surface area contributed by atoms with Gasteiger partial charge in [0.1, 0.15) is 0 Å². The topological polar surface area (TPSA) is 88.0 Å². The summed E-state index contributed by atoms with van der Waals surface area (Å²) in [6.07, 6.45) is 0. The van der Waals surface area contributed by atoms with Crippen LogP contribution in [0.5, 0.6) is 0 Å². The molecule has 1 fully saturated rings. The molecule has 0 spiro atoms. The molecule has 6 nitrogen and oxygen atoms in total. The molecule has 0 bridgehead atoms. The van der Waals surface area contributed by atoms with Gasteiger partial charge in [0.05, 0.1) is 5.75 Å². The first-order valence-corrected chi connectivity index (χ1v) is 8.55. The number of aromatic nitrogens is 3. The quantitative estimate of drug-likeness (QED) is 0.770. The Kier molecular flexibility index (Phi) is 5.07. The normalized spacial score (nSPS) is 19.9. The number of carboxylic acids is 1. The lowest BCUT2D eigenvalue weighted by Gasteiger charge is -2.21. The lowest BCUT2D eigenvalue weighted by Crippen LogP contribution is -2.27. The number of nitrogens with one attached hydrogen (secondary N) is 1. The minimum atomic E-state index is -0.912. The Labute approximate surface area is 116 Å². The molecule has 1 aliphatic heterocycles. The highest BCUT2D eigenvalue weighted by Crippen LogP contribution is 2.25. The van der Waals surface area contributed by atoms with E-state index in [-0.39, 0.29) is 11.4 Å². The summed E-state index contributed by atoms with van der Waals surface area (Å²) in [5.41, 5.74) is -0.265. The number of aromatic amines is 1. The number of H-pyrrole nitrogens is 1. The monoisotopic (exact) mass is 307 g/mol. The van der Waals surface area contributed by atoms with Crippen LogP contribution in [0, 0.1) is 0 Å². The van der Waals surface area contributed by atoms with E-state index in [2.05, 4.69) is 10.2 Å². The molecule has 1 saturated heterocycles. The van der Waals surface area contributed by atoms with E-state index in [4.69, 9.17) is 5.11 Å². The van der Waals surface area contributed by atoms with Crippen molar-refractivity contribution < 1.29 is 9.90 Å². The maximum absolute atomic E-state index is 11.6. The lowest BCUT2D eigenvalue weighted by molar-refractivity contribution is -0.133. The van der Waals surface area contributed by atoms with E-state index in [9.17, 15) is 9.59 Å². The number of carbonyl (C=O) groups is 1. The van der Waals surface area contributed by atoms with Crippen molar-refractivity contribution in [3.8, 4) is 0 Å². The number of hydrogen-bond donors (Lipinski definition) is 2. The summed E-state index contributed by atoms with van der Waals surface area (Å²) >= 11 is 4.81. The molecular formula is C9H13N3O3S3. The van der Waals surface area contributed by atoms with Crippen molar-refractivity contribution in [2.45, 2.75) is 17.0 Å². The van der Waals surface area contributed by atoms with Gasteiger partial charge in [0.2, 0.25) is 0 Å². The van der Waals surface area contributed by atoms with Gasteiger partial charge in [-0.05, 0) is 0 Å². The minimum Gasteiger partial charge on any atom is -0.481 e. The zero-order chi connectivity index (χ0) is 13.0. The summed E-state index contributed by atoms with van der Waals surface area (Å²) in [4.78, 5) is 22.2. The molecule has 100 valence electrons. The van der Waals surface area contributed by atoms with Crippen LogP contribution < -0.4 is 5.69 Å². The van der Waals surface area contributed by atoms with Gasteiger partial charge in [-0.15, -0.1) is 5.10 Å². The zero-order valence-corrected chi connectivity index (χ0v) is 11.9. The Hall–Kier alpha value is -0.540. The van der Waals surface area contributed by atoms with Crippen LogP contribution in [0.2, 0.25) is 0 Å². The van der Waals surface area contributed by atoms with E-state index < -0.39 is 5.97 Å². The van der Waals surface area contributed by atoms with Gasteiger partial charge >= 0.3 is 11.7 Å². The standard InChI is InChI=1S/C9H13N3O3S3/c13-7(14)5-18-9-11-10-8(15)12(9)3-6-4-16-1-2-17-6/h6H,1-5H2,(H,10,15)(H,13,14). The summed E-state index contributed by atoms with van der Waals surface area (Å²) in [7, 11) is 0. The van der Waals surface area contributed by atoms with Gasteiger partial charge in [0.15, 0.2) is 5.16 Å². The molecule has 0 radical (unpaired) electrons. The maximum Gasteiger partial charge on any atom is 0.344 e. The second-order valence-electron chi connectivity index (χ2n) is 3.67. The van der Waals surface area contributed by atoms with Gasteiger partial charge < -0.3 is 5.11 Å². The number of hydrogen-bond acceptors (Lipinski definition) is 6. The third kappa shape index (κ3) is 3.72. The molecule has 18 heavy (non-hydrogen) atoms. The average molecular weight is 307 g/mol. The predicted octanol–water partition coefficient (Wildman–Crippen LogP) is 0.597. The van der Waals surface area contributed by atoms with Crippen molar-refractivity contribution >= 4 is 41.3 Å². The van der Waals surface area contributed by atoms with Crippen LogP contribution in [0.25, 0.3) is 0 Å². The lowest BCUT2D eigenvalue weighted by atomic mass is 10.4. The first-order valence-electron chi connectivity index (χ1n) is 5.36. The summed E-state index contributed by atoms with van der Waals surface area (Å²) in [6, 6.07) is 0. The Morgan fingerprint density at radius 3 is 3.11 bits per heavy atom. The molecule has 1 aromatic heterocycles. The molecule has 0 saturated carbocycles. The molecular weight excluding hydrogens is 294 g/mol. The van der Waals surface area contributed by atoms with Crippen molar-refractivity contribution in [1.29, 1.82) is 0 Å². The van der Waals surface area contributed by atoms with Gasteiger partial charge in [-0.25, -0.2) is 9.89 Å².